The van der Waals surface area contributed by atoms with Gasteiger partial charge < -0.3 is 25.4 Å². The number of ketones is 2. The number of rotatable bonds is 7. The highest BCUT2D eigenvalue weighted by atomic mass is 16.6. The number of nitrogen functional groups attached to an aromatic ring is 1. The number of anilines is 1. The predicted octanol–water partition coefficient (Wildman–Crippen LogP) is -0.0268. The number of nitrogens with two attached hydrogens (primary N) is 1. The van der Waals surface area contributed by atoms with Crippen LogP contribution in [0.25, 0.3) is 17.2 Å². The number of fused-ring (bicyclic) bond motifs is 1. The monoisotopic (exact) mass is 405 g/mol. The van der Waals surface area contributed by atoms with Gasteiger partial charge in [-0.25, -0.2) is 15.0 Å². The van der Waals surface area contributed by atoms with Gasteiger partial charge in [0.1, 0.15) is 30.6 Å². The third kappa shape index (κ3) is 3.59. The Kier molecular flexibility index (Phi) is 5.64. The van der Waals surface area contributed by atoms with Crippen LogP contribution in [0, 0.1) is 0 Å². The fourth-order valence-electron chi connectivity index (χ4n) is 3.31. The Balaban J connectivity index is 2.12. The molecule has 2 aromatic rings. The fourth-order valence-corrected chi connectivity index (χ4v) is 3.31. The highest BCUT2D eigenvalue weighted by Crippen LogP contribution is 2.41. The van der Waals surface area contributed by atoms with E-state index in [9.17, 15) is 19.8 Å². The summed E-state index contributed by atoms with van der Waals surface area (Å²) in [6, 6.07) is 0. The second-order valence-electron chi connectivity index (χ2n) is 6.78. The molecule has 2 aromatic heterocycles. The maximum Gasteiger partial charge on any atom is 0.168 e. The Morgan fingerprint density at radius 2 is 2.21 bits per heavy atom. The van der Waals surface area contributed by atoms with Crippen LogP contribution >= 0.6 is 0 Å². The van der Waals surface area contributed by atoms with Crippen molar-refractivity contribution in [3.8, 4) is 0 Å². The second-order valence-corrected chi connectivity index (χ2v) is 6.78. The maximum absolute atomic E-state index is 12.2. The molecule has 1 aliphatic heterocycles. The van der Waals surface area contributed by atoms with Gasteiger partial charge in [-0.1, -0.05) is 0 Å². The average Bonchev–Trinajstić information content (AvgIpc) is 3.20. The van der Waals surface area contributed by atoms with Crippen LogP contribution < -0.4 is 5.73 Å². The smallest absolute Gasteiger partial charge is 0.168 e. The van der Waals surface area contributed by atoms with Gasteiger partial charge in [0.2, 0.25) is 0 Å². The zero-order valence-electron chi connectivity index (χ0n) is 16.3. The number of aliphatic hydroxyl groups excluding tert-OH is 1. The molecule has 0 spiro atoms. The Bertz CT molecular complexity index is 973. The van der Waals surface area contributed by atoms with Gasteiger partial charge in [0.15, 0.2) is 34.1 Å². The summed E-state index contributed by atoms with van der Waals surface area (Å²) in [5, 5.41) is 21.2. The largest absolute Gasteiger partial charge is 0.501 e. The first-order valence-electron chi connectivity index (χ1n) is 9.04. The van der Waals surface area contributed by atoms with Gasteiger partial charge in [0.25, 0.3) is 0 Å². The zero-order valence-corrected chi connectivity index (χ0v) is 16.3. The van der Waals surface area contributed by atoms with Gasteiger partial charge in [0.05, 0.1) is 12.9 Å². The van der Waals surface area contributed by atoms with E-state index >= 15 is 0 Å². The van der Waals surface area contributed by atoms with Crippen molar-refractivity contribution in [2.75, 3.05) is 12.3 Å². The third-order valence-electron chi connectivity index (χ3n) is 4.87. The van der Waals surface area contributed by atoms with E-state index in [2.05, 4.69) is 15.0 Å². The average molecular weight is 405 g/mol. The number of Topliss-reactive ketones (excluding diaryl/α,β-unsaturated/α-hetero) is 2. The summed E-state index contributed by atoms with van der Waals surface area (Å²) in [7, 11) is 0. The summed E-state index contributed by atoms with van der Waals surface area (Å²) in [5.41, 5.74) is 4.44. The Labute approximate surface area is 166 Å². The van der Waals surface area contributed by atoms with Crippen molar-refractivity contribution < 1.29 is 29.3 Å². The number of carbonyl (C=O) groups excluding carboxylic acids is 2. The van der Waals surface area contributed by atoms with E-state index in [1.807, 2.05) is 6.92 Å². The van der Waals surface area contributed by atoms with E-state index in [4.69, 9.17) is 15.2 Å². The summed E-state index contributed by atoms with van der Waals surface area (Å²) < 4.78 is 12.5. The van der Waals surface area contributed by atoms with Crippen molar-refractivity contribution in [2.45, 2.75) is 51.2 Å². The lowest BCUT2D eigenvalue weighted by Crippen LogP contribution is -2.52. The molecule has 4 N–H and O–H groups in total. The highest BCUT2D eigenvalue weighted by molar-refractivity contribution is 5.89. The molecule has 11 heteroatoms. The summed E-state index contributed by atoms with van der Waals surface area (Å²) in [6.07, 6.45) is -0.0652. The molecule has 0 saturated carbocycles. The van der Waals surface area contributed by atoms with Gasteiger partial charge in [-0.05, 0) is 20.8 Å². The summed E-state index contributed by atoms with van der Waals surface area (Å²) >= 11 is 0. The van der Waals surface area contributed by atoms with Crippen LogP contribution in [0.4, 0.5) is 5.82 Å². The number of aliphatic hydroxyl groups is 2. The lowest BCUT2D eigenvalue weighted by atomic mass is 9.86. The van der Waals surface area contributed by atoms with E-state index in [-0.39, 0.29) is 12.2 Å². The van der Waals surface area contributed by atoms with E-state index in [0.717, 1.165) is 6.92 Å². The lowest BCUT2D eigenvalue weighted by Gasteiger charge is -2.27. The molecule has 1 fully saturated rings. The van der Waals surface area contributed by atoms with Crippen molar-refractivity contribution >= 4 is 34.6 Å². The lowest BCUT2D eigenvalue weighted by molar-refractivity contribution is -0.158. The molecule has 0 radical (unpaired) electrons. The van der Waals surface area contributed by atoms with Crippen molar-refractivity contribution in [1.82, 2.24) is 19.5 Å². The van der Waals surface area contributed by atoms with Crippen LogP contribution in [0.1, 0.15) is 39.2 Å². The summed E-state index contributed by atoms with van der Waals surface area (Å²) in [6.45, 7) is 4.58. The van der Waals surface area contributed by atoms with Crippen LogP contribution in [0.2, 0.25) is 0 Å². The number of aromatic nitrogens is 4. The number of nitrogens with zero attached hydrogens (tertiary/aromatic N) is 4. The number of imidazole rings is 1. The Hall–Kier alpha value is -2.89. The highest BCUT2D eigenvalue weighted by Gasteiger charge is 2.55. The van der Waals surface area contributed by atoms with E-state index in [1.54, 1.807) is 6.08 Å². The van der Waals surface area contributed by atoms with Gasteiger partial charge in [-0.15, -0.1) is 0 Å². The molecule has 0 aromatic carbocycles. The quantitative estimate of drug-likeness (QED) is 0.533. The number of carbonyl (C=O) groups is 2. The SMILES string of the molecule is CCOC=Cc1nc2c(N)ncnc2n1[C@H]1C[C@@](O)(C(C)=O)[C@@H](C(O)C(C)=O)O1. The van der Waals surface area contributed by atoms with Crippen LogP contribution in [0.3, 0.4) is 0 Å². The molecule has 1 saturated heterocycles. The molecule has 1 aliphatic rings. The van der Waals surface area contributed by atoms with Crippen molar-refractivity contribution in [3.63, 3.8) is 0 Å². The van der Waals surface area contributed by atoms with Crippen LogP contribution in [0.5, 0.6) is 0 Å². The van der Waals surface area contributed by atoms with Gasteiger partial charge in [-0.2, -0.15) is 0 Å². The normalized spacial score (nSPS) is 25.6. The van der Waals surface area contributed by atoms with Crippen LogP contribution in [-0.4, -0.2) is 65.7 Å². The molecule has 1 unspecified atom stereocenters. The van der Waals surface area contributed by atoms with Crippen molar-refractivity contribution in [3.05, 3.63) is 18.4 Å². The fraction of sp³-hybridized carbons (Fsp3) is 0.500. The van der Waals surface area contributed by atoms with Gasteiger partial charge >= 0.3 is 0 Å². The molecule has 0 amide bonds. The van der Waals surface area contributed by atoms with Gasteiger partial charge in [-0.3, -0.25) is 14.2 Å². The number of hydrogen-bond donors (Lipinski definition) is 3. The summed E-state index contributed by atoms with van der Waals surface area (Å²) in [5.74, 6) is -0.793. The van der Waals surface area contributed by atoms with Gasteiger partial charge in [0, 0.05) is 12.5 Å². The molecule has 0 aliphatic carbocycles. The minimum absolute atomic E-state index is 0.139. The maximum atomic E-state index is 12.2. The summed E-state index contributed by atoms with van der Waals surface area (Å²) in [4.78, 5) is 36.4. The van der Waals surface area contributed by atoms with E-state index in [1.165, 1.54) is 24.1 Å². The molecule has 3 rings (SSSR count). The number of ether oxygens (including phenoxy) is 2. The standard InChI is InChI=1S/C18H23N5O6/c1-4-28-6-5-11-22-13-16(19)20-8-21-17(13)23(11)12-7-18(27,10(3)25)15(29-12)14(26)9(2)24/h5-6,8,12,14-15,26-27H,4,7H2,1-3H3,(H2,19,20,21)/t12-,14?,15-,18-/m1/s1. The third-order valence-corrected chi connectivity index (χ3v) is 4.87. The van der Waals surface area contributed by atoms with E-state index < -0.39 is 35.6 Å². The number of hydrogen-bond acceptors (Lipinski definition) is 10. The molecular formula is C18H23N5O6. The Morgan fingerprint density at radius 1 is 1.48 bits per heavy atom. The molecule has 156 valence electrons. The minimum atomic E-state index is -2.06. The molecule has 3 heterocycles. The predicted molar refractivity (Wildman–Crippen MR) is 101 cm³/mol. The first-order chi connectivity index (χ1) is 13.7. The first kappa shape index (κ1) is 20.8. The zero-order chi connectivity index (χ0) is 21.3. The molecule has 0 bridgehead atoms. The van der Waals surface area contributed by atoms with Crippen LogP contribution in [0.15, 0.2) is 12.6 Å². The molecular weight excluding hydrogens is 382 g/mol. The topological polar surface area (TPSA) is 163 Å². The second kappa shape index (κ2) is 7.85. The van der Waals surface area contributed by atoms with Crippen molar-refractivity contribution in [1.29, 1.82) is 0 Å². The minimum Gasteiger partial charge on any atom is -0.501 e. The van der Waals surface area contributed by atoms with Crippen LogP contribution in [-0.2, 0) is 19.1 Å². The molecule has 4 atom stereocenters. The van der Waals surface area contributed by atoms with Crippen molar-refractivity contribution in [2.24, 2.45) is 0 Å². The van der Waals surface area contributed by atoms with E-state index in [0.29, 0.717) is 23.6 Å². The Morgan fingerprint density at radius 3 is 2.83 bits per heavy atom. The molecule has 11 nitrogen and oxygen atoms in total. The molecule has 29 heavy (non-hydrogen) atoms. The first-order valence-corrected chi connectivity index (χ1v) is 9.04.